The maximum Gasteiger partial charge on any atom is 0.352 e. The van der Waals surface area contributed by atoms with Crippen molar-refractivity contribution in [2.45, 2.75) is 20.0 Å². The summed E-state index contributed by atoms with van der Waals surface area (Å²) < 4.78 is 1.50. The molecule has 1 aromatic heterocycles. The van der Waals surface area contributed by atoms with Crippen LogP contribution in [-0.4, -0.2) is 55.8 Å². The highest BCUT2D eigenvalue weighted by molar-refractivity contribution is 5.94. The van der Waals surface area contributed by atoms with Crippen molar-refractivity contribution in [3.05, 3.63) is 80.0 Å². The summed E-state index contributed by atoms with van der Waals surface area (Å²) in [6.07, 6.45) is 0. The van der Waals surface area contributed by atoms with Crippen molar-refractivity contribution in [3.63, 3.8) is 0 Å². The Kier molecular flexibility index (Phi) is 8.04. The van der Waals surface area contributed by atoms with E-state index in [1.165, 1.54) is 23.2 Å². The Morgan fingerprint density at radius 2 is 1.81 bits per heavy atom. The van der Waals surface area contributed by atoms with E-state index in [1.807, 2.05) is 6.92 Å². The normalized spacial score (nSPS) is 10.8. The van der Waals surface area contributed by atoms with Crippen molar-refractivity contribution in [3.8, 4) is 5.69 Å². The molecule has 2 aromatic carbocycles. The molecule has 14 nitrogen and oxygen atoms in total. The van der Waals surface area contributed by atoms with E-state index < -0.39 is 29.7 Å². The number of hydrogen-bond donors (Lipinski definition) is 6. The number of hydrogen-bond acceptors (Lipinski definition) is 9. The first-order chi connectivity index (χ1) is 17.5. The summed E-state index contributed by atoms with van der Waals surface area (Å²) in [7, 11) is 1.65. The second-order valence-electron chi connectivity index (χ2n) is 8.07. The van der Waals surface area contributed by atoms with E-state index in [0.717, 1.165) is 4.68 Å². The van der Waals surface area contributed by atoms with E-state index >= 15 is 0 Å². The number of nitrogens with two attached hydrogens (primary N) is 2. The fourth-order valence-corrected chi connectivity index (χ4v) is 3.23. The maximum absolute atomic E-state index is 13.2. The Morgan fingerprint density at radius 3 is 2.41 bits per heavy atom. The van der Waals surface area contributed by atoms with Crippen LogP contribution >= 0.6 is 0 Å². The molecule has 3 rings (SSSR count). The van der Waals surface area contributed by atoms with Gasteiger partial charge in [-0.1, -0.05) is 31.2 Å². The molecule has 0 radical (unpaired) electrons. The smallest absolute Gasteiger partial charge is 0.352 e. The van der Waals surface area contributed by atoms with E-state index in [4.69, 9.17) is 16.9 Å². The summed E-state index contributed by atoms with van der Waals surface area (Å²) in [5.41, 5.74) is 13.3. The highest BCUT2D eigenvalue weighted by Gasteiger charge is 2.19. The Labute approximate surface area is 210 Å². The number of aromatic nitrogens is 3. The second kappa shape index (κ2) is 11.2. The van der Waals surface area contributed by atoms with Gasteiger partial charge in [0.2, 0.25) is 11.7 Å². The van der Waals surface area contributed by atoms with Crippen LogP contribution in [0.3, 0.4) is 0 Å². The summed E-state index contributed by atoms with van der Waals surface area (Å²) in [5, 5.41) is 25.0. The summed E-state index contributed by atoms with van der Waals surface area (Å²) in [6, 6.07) is 10.4. The number of nitrogens with zero attached hydrogens (tertiary/aromatic N) is 4. The van der Waals surface area contributed by atoms with Crippen molar-refractivity contribution in [2.24, 2.45) is 5.73 Å². The van der Waals surface area contributed by atoms with Gasteiger partial charge in [0.15, 0.2) is 0 Å². The predicted molar refractivity (Wildman–Crippen MR) is 137 cm³/mol. The highest BCUT2D eigenvalue weighted by atomic mass is 16.4. The molecule has 0 atom stereocenters. The number of carboxylic acid groups (broad SMARTS) is 1. The monoisotopic (exact) mass is 509 g/mol. The van der Waals surface area contributed by atoms with Crippen LogP contribution in [0.25, 0.3) is 5.69 Å². The van der Waals surface area contributed by atoms with Gasteiger partial charge in [-0.2, -0.15) is 4.68 Å². The van der Waals surface area contributed by atoms with E-state index in [1.54, 1.807) is 31.3 Å². The molecule has 194 valence electrons. The van der Waals surface area contributed by atoms with Gasteiger partial charge in [-0.3, -0.25) is 20.4 Å². The van der Waals surface area contributed by atoms with Gasteiger partial charge in [0.25, 0.3) is 0 Å². The average molecular weight is 510 g/mol. The van der Waals surface area contributed by atoms with Crippen molar-refractivity contribution in [2.75, 3.05) is 24.8 Å². The number of hydrazine groups is 1. The van der Waals surface area contributed by atoms with E-state index in [0.29, 0.717) is 22.2 Å². The lowest BCUT2D eigenvalue weighted by Crippen LogP contribution is -2.46. The van der Waals surface area contributed by atoms with Crippen LogP contribution in [0.4, 0.5) is 11.5 Å². The molecule has 37 heavy (non-hydrogen) atoms. The van der Waals surface area contributed by atoms with E-state index in [-0.39, 0.29) is 35.1 Å². The van der Waals surface area contributed by atoms with Gasteiger partial charge >= 0.3 is 17.2 Å². The molecule has 1 amide bonds. The molecule has 8 N–H and O–H groups in total. The largest absolute Gasteiger partial charge is 0.478 e. The zero-order valence-electron chi connectivity index (χ0n) is 20.2. The topological polar surface area (TPSA) is 214 Å². The molecule has 0 spiro atoms. The molecule has 0 aliphatic carbocycles. The van der Waals surface area contributed by atoms with Gasteiger partial charge in [-0.05, 0) is 23.8 Å². The number of carbonyl (C=O) groups is 2. The molecule has 0 saturated heterocycles. The molecule has 0 aliphatic heterocycles. The zero-order chi connectivity index (χ0) is 27.3. The minimum Gasteiger partial charge on any atom is -0.478 e. The Balaban J connectivity index is 1.97. The summed E-state index contributed by atoms with van der Waals surface area (Å²) in [5.74, 6) is -2.23. The number of nitrogen functional groups attached to an aromatic ring is 2. The van der Waals surface area contributed by atoms with Gasteiger partial charge < -0.3 is 21.9 Å². The van der Waals surface area contributed by atoms with E-state index in [9.17, 15) is 24.3 Å². The van der Waals surface area contributed by atoms with Crippen LogP contribution in [-0.2, 0) is 17.9 Å². The number of amides is 1. The van der Waals surface area contributed by atoms with Gasteiger partial charge in [-0.15, -0.1) is 5.10 Å². The van der Waals surface area contributed by atoms with Crippen LogP contribution in [0.5, 0.6) is 0 Å². The van der Waals surface area contributed by atoms with Crippen LogP contribution in [0.15, 0.2) is 52.1 Å². The Bertz CT molecular complexity index is 1460. The lowest BCUT2D eigenvalue weighted by Gasteiger charge is -2.18. The minimum absolute atomic E-state index is 0.00400. The number of benzene rings is 2. The number of rotatable bonds is 10. The van der Waals surface area contributed by atoms with Gasteiger partial charge in [0.05, 0.1) is 11.3 Å². The number of aromatic carboxylic acids is 1. The summed E-state index contributed by atoms with van der Waals surface area (Å²) >= 11 is 0. The lowest BCUT2D eigenvalue weighted by molar-refractivity contribution is -0.121. The number of carbonyl (C=O) groups excluding carboxylic acids is 1. The SMILES string of the molecule is CCN(C)Nc1nn(-c2cc(N)cc(C(=O)O)c2)c(=O)n(CC(=O)NCc2ccc(C(=N)N)cc2)c1=O. The Hall–Kier alpha value is -4.98. The number of anilines is 2. The molecule has 0 aliphatic rings. The number of amidine groups is 1. The van der Waals surface area contributed by atoms with Crippen molar-refractivity contribution >= 4 is 29.2 Å². The fourth-order valence-electron chi connectivity index (χ4n) is 3.23. The van der Waals surface area contributed by atoms with Crippen LogP contribution in [0, 0.1) is 5.41 Å². The van der Waals surface area contributed by atoms with Crippen molar-refractivity contribution in [1.82, 2.24) is 24.7 Å². The lowest BCUT2D eigenvalue weighted by atomic mass is 10.1. The molecule has 0 fully saturated rings. The number of nitrogens with one attached hydrogen (secondary N) is 3. The fraction of sp³-hybridized carbons (Fsp3) is 0.217. The molecule has 14 heteroatoms. The molecule has 0 saturated carbocycles. The molecular weight excluding hydrogens is 482 g/mol. The first-order valence-corrected chi connectivity index (χ1v) is 11.1. The summed E-state index contributed by atoms with van der Waals surface area (Å²) in [4.78, 5) is 50.4. The molecular formula is C23H27N9O5. The third-order valence-electron chi connectivity index (χ3n) is 5.32. The summed E-state index contributed by atoms with van der Waals surface area (Å²) in [6.45, 7) is 1.77. The zero-order valence-corrected chi connectivity index (χ0v) is 20.2. The van der Waals surface area contributed by atoms with Crippen LogP contribution in [0.1, 0.15) is 28.4 Å². The third-order valence-corrected chi connectivity index (χ3v) is 5.32. The quantitative estimate of drug-likeness (QED) is 0.0896. The maximum atomic E-state index is 13.2. The van der Waals surface area contributed by atoms with Gasteiger partial charge in [-0.25, -0.2) is 19.2 Å². The van der Waals surface area contributed by atoms with Crippen molar-refractivity contribution in [1.29, 1.82) is 5.41 Å². The Morgan fingerprint density at radius 1 is 1.14 bits per heavy atom. The predicted octanol–water partition coefficient (Wildman–Crippen LogP) is -0.446. The number of carboxylic acids is 1. The first-order valence-electron chi connectivity index (χ1n) is 11.1. The molecule has 3 aromatic rings. The molecule has 0 bridgehead atoms. The van der Waals surface area contributed by atoms with Crippen LogP contribution < -0.4 is 33.5 Å². The third kappa shape index (κ3) is 6.37. The van der Waals surface area contributed by atoms with Gasteiger partial charge in [0, 0.05) is 31.4 Å². The second-order valence-corrected chi connectivity index (χ2v) is 8.07. The van der Waals surface area contributed by atoms with Crippen LogP contribution in [0.2, 0.25) is 0 Å². The average Bonchev–Trinajstić information content (AvgIpc) is 2.86. The van der Waals surface area contributed by atoms with E-state index in [2.05, 4.69) is 15.8 Å². The first kappa shape index (κ1) is 26.6. The van der Waals surface area contributed by atoms with Gasteiger partial charge in [0.1, 0.15) is 12.4 Å². The standard InChI is InChI=1S/C23H27N9O5/c1-3-30(2)28-20-21(34)31(12-18(33)27-11-13-4-6-14(7-5-13)19(25)26)23(37)32(29-20)17-9-15(22(35)36)8-16(24)10-17/h4-10H,3,11-12,24H2,1-2H3,(H3,25,26)(H,27,33)(H,28,29)(H,35,36). The minimum atomic E-state index is -1.27. The van der Waals surface area contributed by atoms with Crippen molar-refractivity contribution < 1.29 is 14.7 Å². The highest BCUT2D eigenvalue weighted by Crippen LogP contribution is 2.15. The molecule has 0 unspecified atom stereocenters. The molecule has 1 heterocycles.